The highest BCUT2D eigenvalue weighted by Crippen LogP contribution is 2.10. The first kappa shape index (κ1) is 6.05. The normalized spacial score (nSPS) is 40.9. The van der Waals surface area contributed by atoms with Crippen molar-refractivity contribution in [2.24, 2.45) is 11.7 Å². The maximum absolute atomic E-state index is 5.73. The lowest BCUT2D eigenvalue weighted by molar-refractivity contribution is 0.401. The second-order valence-corrected chi connectivity index (χ2v) is 2.86. The predicted octanol–water partition coefficient (Wildman–Crippen LogP) is -0.105. The minimum Gasteiger partial charge on any atom is -0.326 e. The Labute approximate surface area is 50.7 Å². The molecule has 8 heavy (non-hydrogen) atoms. The molecular formula is C6H14N2. The number of nitrogens with two attached hydrogens (primary N) is 1. The highest BCUT2D eigenvalue weighted by atomic mass is 15.1. The summed E-state index contributed by atoms with van der Waals surface area (Å²) in [6.45, 7) is 4.44. The standard InChI is InChI=1S/C6H14N2/c1-5-3-8(2)4-6(5)7/h5-6H,3-4,7H2,1-2H3/t5-,6+/m0/s1. The fraction of sp³-hybridized carbons (Fsp3) is 1.00. The fourth-order valence-electron chi connectivity index (χ4n) is 1.24. The Kier molecular flexibility index (Phi) is 1.54. The van der Waals surface area contributed by atoms with Crippen LogP contribution in [0, 0.1) is 5.92 Å². The van der Waals surface area contributed by atoms with Crippen LogP contribution in [-0.4, -0.2) is 31.1 Å². The third kappa shape index (κ3) is 1.01. The smallest absolute Gasteiger partial charge is 0.0206 e. The highest BCUT2D eigenvalue weighted by molar-refractivity contribution is 4.81. The Balaban J connectivity index is 2.39. The molecule has 2 N–H and O–H groups in total. The molecule has 48 valence electrons. The average molecular weight is 114 g/mol. The van der Waals surface area contributed by atoms with Crippen molar-refractivity contribution in [2.75, 3.05) is 20.1 Å². The van der Waals surface area contributed by atoms with Crippen molar-refractivity contribution in [3.8, 4) is 0 Å². The number of hydrogen-bond donors (Lipinski definition) is 1. The summed E-state index contributed by atoms with van der Waals surface area (Å²) in [6, 6.07) is 0.417. The molecule has 1 heterocycles. The molecule has 0 aromatic rings. The van der Waals surface area contributed by atoms with Crippen LogP contribution in [0.5, 0.6) is 0 Å². The molecule has 0 unspecified atom stereocenters. The summed E-state index contributed by atoms with van der Waals surface area (Å²) < 4.78 is 0. The van der Waals surface area contributed by atoms with Crippen LogP contribution in [0.1, 0.15) is 6.92 Å². The molecule has 0 amide bonds. The lowest BCUT2D eigenvalue weighted by Gasteiger charge is -2.03. The van der Waals surface area contributed by atoms with E-state index >= 15 is 0 Å². The largest absolute Gasteiger partial charge is 0.326 e. The van der Waals surface area contributed by atoms with Crippen molar-refractivity contribution in [1.82, 2.24) is 4.90 Å². The molecule has 1 fully saturated rings. The van der Waals surface area contributed by atoms with Crippen molar-refractivity contribution in [3.05, 3.63) is 0 Å². The van der Waals surface area contributed by atoms with E-state index in [9.17, 15) is 0 Å². The summed E-state index contributed by atoms with van der Waals surface area (Å²) in [5.74, 6) is 0.694. The Morgan fingerprint density at radius 1 is 1.50 bits per heavy atom. The Morgan fingerprint density at radius 2 is 2.12 bits per heavy atom. The first-order valence-electron chi connectivity index (χ1n) is 3.14. The minimum absolute atomic E-state index is 0.417. The Bertz CT molecular complexity index is 72.6. The Hall–Kier alpha value is -0.0800. The second-order valence-electron chi connectivity index (χ2n) is 2.86. The molecule has 1 saturated heterocycles. The van der Waals surface area contributed by atoms with Gasteiger partial charge in [0.2, 0.25) is 0 Å². The third-order valence-electron chi connectivity index (χ3n) is 1.85. The van der Waals surface area contributed by atoms with E-state index in [0.717, 1.165) is 6.54 Å². The van der Waals surface area contributed by atoms with Crippen LogP contribution >= 0.6 is 0 Å². The van der Waals surface area contributed by atoms with Crippen LogP contribution in [-0.2, 0) is 0 Å². The summed E-state index contributed by atoms with van der Waals surface area (Å²) in [5.41, 5.74) is 5.73. The van der Waals surface area contributed by atoms with Gasteiger partial charge in [-0.15, -0.1) is 0 Å². The van der Waals surface area contributed by atoms with Gasteiger partial charge in [-0.3, -0.25) is 0 Å². The molecule has 0 aliphatic carbocycles. The van der Waals surface area contributed by atoms with Crippen molar-refractivity contribution < 1.29 is 0 Å². The lowest BCUT2D eigenvalue weighted by Crippen LogP contribution is -2.27. The van der Waals surface area contributed by atoms with Crippen LogP contribution in [0.2, 0.25) is 0 Å². The fourth-order valence-corrected chi connectivity index (χ4v) is 1.24. The van der Waals surface area contributed by atoms with Crippen LogP contribution in [0.15, 0.2) is 0 Å². The van der Waals surface area contributed by atoms with Gasteiger partial charge in [0.15, 0.2) is 0 Å². The van der Waals surface area contributed by atoms with Crippen LogP contribution < -0.4 is 5.73 Å². The summed E-state index contributed by atoms with van der Waals surface area (Å²) in [4.78, 5) is 2.27. The van der Waals surface area contributed by atoms with Crippen molar-refractivity contribution in [2.45, 2.75) is 13.0 Å². The Morgan fingerprint density at radius 3 is 2.25 bits per heavy atom. The second kappa shape index (κ2) is 2.03. The average Bonchev–Trinajstić information content (AvgIpc) is 1.85. The van der Waals surface area contributed by atoms with Crippen LogP contribution in [0.3, 0.4) is 0 Å². The van der Waals surface area contributed by atoms with E-state index in [2.05, 4.69) is 18.9 Å². The topological polar surface area (TPSA) is 29.3 Å². The maximum atomic E-state index is 5.73. The van der Waals surface area contributed by atoms with E-state index < -0.39 is 0 Å². The zero-order valence-corrected chi connectivity index (χ0v) is 5.59. The van der Waals surface area contributed by atoms with Crippen LogP contribution in [0.4, 0.5) is 0 Å². The first-order valence-corrected chi connectivity index (χ1v) is 3.14. The summed E-state index contributed by atoms with van der Waals surface area (Å²) >= 11 is 0. The van der Waals surface area contributed by atoms with Gasteiger partial charge in [0.25, 0.3) is 0 Å². The molecule has 0 spiro atoms. The van der Waals surface area contributed by atoms with Crippen molar-refractivity contribution in [3.63, 3.8) is 0 Å². The van der Waals surface area contributed by atoms with E-state index in [0.29, 0.717) is 12.0 Å². The predicted molar refractivity (Wildman–Crippen MR) is 34.6 cm³/mol. The zero-order valence-electron chi connectivity index (χ0n) is 5.59. The number of likely N-dealkylation sites (tertiary alicyclic amines) is 1. The number of nitrogens with zero attached hydrogens (tertiary/aromatic N) is 1. The van der Waals surface area contributed by atoms with Gasteiger partial charge in [-0.25, -0.2) is 0 Å². The van der Waals surface area contributed by atoms with Crippen molar-refractivity contribution >= 4 is 0 Å². The van der Waals surface area contributed by atoms with Gasteiger partial charge >= 0.3 is 0 Å². The minimum atomic E-state index is 0.417. The van der Waals surface area contributed by atoms with E-state index in [-0.39, 0.29) is 0 Å². The van der Waals surface area contributed by atoms with Gasteiger partial charge in [-0.05, 0) is 13.0 Å². The number of hydrogen-bond acceptors (Lipinski definition) is 2. The molecule has 1 aliphatic rings. The molecule has 0 aromatic heterocycles. The van der Waals surface area contributed by atoms with Gasteiger partial charge in [0, 0.05) is 19.1 Å². The first-order chi connectivity index (χ1) is 3.70. The molecular weight excluding hydrogens is 100 g/mol. The molecule has 2 nitrogen and oxygen atoms in total. The monoisotopic (exact) mass is 114 g/mol. The summed E-state index contributed by atoms with van der Waals surface area (Å²) in [7, 11) is 2.11. The van der Waals surface area contributed by atoms with Crippen molar-refractivity contribution in [1.29, 1.82) is 0 Å². The SMILES string of the molecule is C[C@H]1CN(C)C[C@H]1N. The molecule has 0 aromatic carbocycles. The number of rotatable bonds is 0. The van der Waals surface area contributed by atoms with E-state index in [1.54, 1.807) is 0 Å². The number of likely N-dealkylation sites (N-methyl/N-ethyl adjacent to an activating group) is 1. The summed E-state index contributed by atoms with van der Waals surface area (Å²) in [5, 5.41) is 0. The van der Waals surface area contributed by atoms with Crippen LogP contribution in [0.25, 0.3) is 0 Å². The molecule has 1 rings (SSSR count). The van der Waals surface area contributed by atoms with E-state index in [4.69, 9.17) is 5.73 Å². The molecule has 2 atom stereocenters. The molecule has 0 bridgehead atoms. The van der Waals surface area contributed by atoms with E-state index in [1.165, 1.54) is 6.54 Å². The van der Waals surface area contributed by atoms with Gasteiger partial charge < -0.3 is 10.6 Å². The zero-order chi connectivity index (χ0) is 6.15. The quantitative estimate of drug-likeness (QED) is 0.476. The molecule has 0 radical (unpaired) electrons. The van der Waals surface area contributed by atoms with Gasteiger partial charge in [-0.1, -0.05) is 6.92 Å². The molecule has 2 heteroatoms. The maximum Gasteiger partial charge on any atom is 0.0206 e. The highest BCUT2D eigenvalue weighted by Gasteiger charge is 2.22. The third-order valence-corrected chi connectivity index (χ3v) is 1.85. The van der Waals surface area contributed by atoms with Gasteiger partial charge in [0.1, 0.15) is 0 Å². The summed E-state index contributed by atoms with van der Waals surface area (Å²) in [6.07, 6.45) is 0. The lowest BCUT2D eigenvalue weighted by atomic mass is 10.1. The van der Waals surface area contributed by atoms with E-state index in [1.807, 2.05) is 0 Å². The molecule has 0 saturated carbocycles. The molecule has 1 aliphatic heterocycles. The van der Waals surface area contributed by atoms with Gasteiger partial charge in [-0.2, -0.15) is 0 Å². The van der Waals surface area contributed by atoms with Gasteiger partial charge in [0.05, 0.1) is 0 Å².